The fourth-order valence-corrected chi connectivity index (χ4v) is 2.62. The lowest BCUT2D eigenvalue weighted by Gasteiger charge is -2.08. The summed E-state index contributed by atoms with van der Waals surface area (Å²) in [5.41, 5.74) is 0.166. The number of hydrogen-bond donors (Lipinski definition) is 1. The maximum absolute atomic E-state index is 12.4. The van der Waals surface area contributed by atoms with E-state index in [0.717, 1.165) is 6.20 Å². The molecule has 0 aliphatic rings. The van der Waals surface area contributed by atoms with Crippen LogP contribution in [-0.4, -0.2) is 10.1 Å². The topological polar surface area (TPSA) is 33.1 Å². The zero-order valence-corrected chi connectivity index (χ0v) is 10.0. The molecule has 2 nitrogen and oxygen atoms in total. The molecule has 0 bridgehead atoms. The summed E-state index contributed by atoms with van der Waals surface area (Å²) in [6.07, 6.45) is -1.63. The average Bonchev–Trinajstić information content (AvgIpc) is 2.04. The molecule has 0 saturated heterocycles. The molecule has 1 rings (SSSR count). The van der Waals surface area contributed by atoms with Crippen molar-refractivity contribution in [1.82, 2.24) is 4.98 Å². The van der Waals surface area contributed by atoms with Crippen molar-refractivity contribution in [2.24, 2.45) is 0 Å². The Bertz CT molecular complexity index is 322. The molecule has 1 aromatic heterocycles. The van der Waals surface area contributed by atoms with Gasteiger partial charge in [0.2, 0.25) is 0 Å². The first-order chi connectivity index (χ1) is 6.07. The van der Waals surface area contributed by atoms with Gasteiger partial charge < -0.3 is 5.11 Å². The molecule has 1 aromatic rings. The quantitative estimate of drug-likeness (QED) is 0.646. The van der Waals surface area contributed by atoms with E-state index in [1.54, 1.807) is 22.6 Å². The molecule has 72 valence electrons. The molecule has 0 aliphatic carbocycles. The Balaban J connectivity index is 3.30. The normalized spacial score (nSPS) is 10.8. The summed E-state index contributed by atoms with van der Waals surface area (Å²) in [6, 6.07) is 0. The Kier molecular flexibility index (Phi) is 3.84. The van der Waals surface area contributed by atoms with Gasteiger partial charge in [-0.2, -0.15) is 0 Å². The summed E-state index contributed by atoms with van der Waals surface area (Å²) < 4.78 is 25.1. The van der Waals surface area contributed by atoms with Gasteiger partial charge in [0.25, 0.3) is 6.43 Å². The first kappa shape index (κ1) is 11.1. The van der Waals surface area contributed by atoms with E-state index in [9.17, 15) is 8.78 Å². The van der Waals surface area contributed by atoms with Crippen LogP contribution in [0, 0.1) is 3.57 Å². The lowest BCUT2D eigenvalue weighted by Crippen LogP contribution is -1.98. The minimum atomic E-state index is -2.67. The zero-order chi connectivity index (χ0) is 10.0. The van der Waals surface area contributed by atoms with Crippen LogP contribution in [0.5, 0.6) is 5.75 Å². The van der Waals surface area contributed by atoms with Gasteiger partial charge in [-0.1, -0.05) is 15.9 Å². The average molecular weight is 364 g/mol. The number of nitrogens with zero attached hydrogens (tertiary/aromatic N) is 1. The van der Waals surface area contributed by atoms with Crippen molar-refractivity contribution in [1.29, 1.82) is 0 Å². The number of alkyl halides is 3. The number of halogens is 4. The van der Waals surface area contributed by atoms with Crippen molar-refractivity contribution < 1.29 is 13.9 Å². The molecule has 0 fully saturated rings. The molecule has 0 atom stereocenters. The molecule has 0 saturated carbocycles. The van der Waals surface area contributed by atoms with Crippen LogP contribution in [0.4, 0.5) is 8.78 Å². The van der Waals surface area contributed by atoms with Crippen LogP contribution in [0.1, 0.15) is 17.7 Å². The third-order valence-corrected chi connectivity index (χ3v) is 3.19. The molecule has 0 spiro atoms. The second kappa shape index (κ2) is 4.50. The predicted octanol–water partition coefficient (Wildman–Crippen LogP) is 3.22. The van der Waals surface area contributed by atoms with Gasteiger partial charge in [0.15, 0.2) is 0 Å². The standard InChI is InChI=1S/C7H5BrF2INO/c8-1-3-6(11)5(7(9)10)4(13)2-12-3/h2,7,13H,1H2. The van der Waals surface area contributed by atoms with Gasteiger partial charge in [0.1, 0.15) is 5.75 Å². The molecule has 0 amide bonds. The highest BCUT2D eigenvalue weighted by Gasteiger charge is 2.19. The van der Waals surface area contributed by atoms with Crippen molar-refractivity contribution >= 4 is 38.5 Å². The lowest BCUT2D eigenvalue weighted by atomic mass is 10.2. The van der Waals surface area contributed by atoms with Crippen LogP contribution in [0.25, 0.3) is 0 Å². The smallest absolute Gasteiger partial charge is 0.268 e. The largest absolute Gasteiger partial charge is 0.506 e. The predicted molar refractivity (Wildman–Crippen MR) is 56.2 cm³/mol. The highest BCUT2D eigenvalue weighted by Crippen LogP contribution is 2.33. The van der Waals surface area contributed by atoms with Crippen molar-refractivity contribution in [2.45, 2.75) is 11.8 Å². The Hall–Kier alpha value is 0.0200. The Morgan fingerprint density at radius 1 is 1.62 bits per heavy atom. The first-order valence-electron chi connectivity index (χ1n) is 3.28. The third kappa shape index (κ3) is 2.28. The van der Waals surface area contributed by atoms with Gasteiger partial charge in [0.05, 0.1) is 17.5 Å². The van der Waals surface area contributed by atoms with E-state index in [1.807, 2.05) is 0 Å². The van der Waals surface area contributed by atoms with Gasteiger partial charge in [-0.15, -0.1) is 0 Å². The van der Waals surface area contributed by atoms with E-state index >= 15 is 0 Å². The Morgan fingerprint density at radius 3 is 2.69 bits per heavy atom. The van der Waals surface area contributed by atoms with Crippen molar-refractivity contribution in [3.8, 4) is 5.75 Å². The van der Waals surface area contributed by atoms with Gasteiger partial charge in [-0.05, 0) is 22.6 Å². The van der Waals surface area contributed by atoms with E-state index in [0.29, 0.717) is 14.6 Å². The monoisotopic (exact) mass is 363 g/mol. The molecule has 0 unspecified atom stereocenters. The summed E-state index contributed by atoms with van der Waals surface area (Å²) in [4.78, 5) is 3.80. The minimum Gasteiger partial charge on any atom is -0.506 e. The fourth-order valence-electron chi connectivity index (χ4n) is 0.834. The van der Waals surface area contributed by atoms with Crippen molar-refractivity contribution in [3.05, 3.63) is 21.0 Å². The zero-order valence-electron chi connectivity index (χ0n) is 6.27. The summed E-state index contributed by atoms with van der Waals surface area (Å²) in [5.74, 6) is -0.455. The van der Waals surface area contributed by atoms with E-state index in [-0.39, 0.29) is 5.56 Å². The number of aromatic nitrogens is 1. The molecule has 6 heteroatoms. The molecular weight excluding hydrogens is 359 g/mol. The van der Waals surface area contributed by atoms with Gasteiger partial charge >= 0.3 is 0 Å². The summed E-state index contributed by atoms with van der Waals surface area (Å²) >= 11 is 4.87. The summed E-state index contributed by atoms with van der Waals surface area (Å²) in [6.45, 7) is 0. The van der Waals surface area contributed by atoms with Crippen LogP contribution in [0.2, 0.25) is 0 Å². The van der Waals surface area contributed by atoms with E-state index in [2.05, 4.69) is 20.9 Å². The van der Waals surface area contributed by atoms with Crippen LogP contribution in [0.3, 0.4) is 0 Å². The van der Waals surface area contributed by atoms with Crippen LogP contribution in [0.15, 0.2) is 6.20 Å². The van der Waals surface area contributed by atoms with Crippen molar-refractivity contribution in [2.75, 3.05) is 0 Å². The van der Waals surface area contributed by atoms with Gasteiger partial charge in [-0.25, -0.2) is 8.78 Å². The highest BCUT2D eigenvalue weighted by molar-refractivity contribution is 14.1. The van der Waals surface area contributed by atoms with E-state index < -0.39 is 12.2 Å². The molecule has 1 N–H and O–H groups in total. The summed E-state index contributed by atoms with van der Waals surface area (Å²) in [7, 11) is 0. The SMILES string of the molecule is Oc1cnc(CBr)c(I)c1C(F)F. The van der Waals surface area contributed by atoms with E-state index in [1.165, 1.54) is 0 Å². The fraction of sp³-hybridized carbons (Fsp3) is 0.286. The number of rotatable bonds is 2. The van der Waals surface area contributed by atoms with Crippen LogP contribution >= 0.6 is 38.5 Å². The van der Waals surface area contributed by atoms with Crippen LogP contribution in [-0.2, 0) is 5.33 Å². The lowest BCUT2D eigenvalue weighted by molar-refractivity contribution is 0.146. The van der Waals surface area contributed by atoms with Crippen LogP contribution < -0.4 is 0 Å². The molecular formula is C7H5BrF2INO. The second-order valence-corrected chi connectivity index (χ2v) is 3.89. The number of hydrogen-bond acceptors (Lipinski definition) is 2. The molecule has 0 aliphatic heterocycles. The number of aromatic hydroxyl groups is 1. The third-order valence-electron chi connectivity index (χ3n) is 1.45. The second-order valence-electron chi connectivity index (χ2n) is 2.25. The Morgan fingerprint density at radius 2 is 2.23 bits per heavy atom. The molecule has 0 radical (unpaired) electrons. The van der Waals surface area contributed by atoms with Crippen molar-refractivity contribution in [3.63, 3.8) is 0 Å². The highest BCUT2D eigenvalue weighted by atomic mass is 127. The molecule has 0 aromatic carbocycles. The first-order valence-corrected chi connectivity index (χ1v) is 5.48. The maximum Gasteiger partial charge on any atom is 0.268 e. The van der Waals surface area contributed by atoms with E-state index in [4.69, 9.17) is 5.11 Å². The van der Waals surface area contributed by atoms with Gasteiger partial charge in [-0.3, -0.25) is 4.98 Å². The Labute approximate surface area is 95.6 Å². The molecule has 13 heavy (non-hydrogen) atoms. The van der Waals surface area contributed by atoms with Gasteiger partial charge in [0, 0.05) is 8.90 Å². The summed E-state index contributed by atoms with van der Waals surface area (Å²) in [5, 5.41) is 9.51. The minimum absolute atomic E-state index is 0.310. The number of pyridine rings is 1. The maximum atomic E-state index is 12.4. The molecule has 1 heterocycles.